The van der Waals surface area contributed by atoms with Crippen LogP contribution in [-0.2, 0) is 11.2 Å². The van der Waals surface area contributed by atoms with E-state index in [0.717, 1.165) is 17.8 Å². The highest BCUT2D eigenvalue weighted by atomic mass is 16.5. The largest absolute Gasteiger partial charge is 0.480 e. The van der Waals surface area contributed by atoms with Crippen molar-refractivity contribution in [1.82, 2.24) is 14.7 Å². The molecule has 6 nitrogen and oxygen atoms in total. The normalized spacial score (nSPS) is 10.7. The van der Waals surface area contributed by atoms with Gasteiger partial charge in [0.25, 0.3) is 5.91 Å². The zero-order valence-electron chi connectivity index (χ0n) is 11.1. The van der Waals surface area contributed by atoms with E-state index in [1.807, 2.05) is 23.6 Å². The number of fused-ring (bicyclic) bond motifs is 1. The summed E-state index contributed by atoms with van der Waals surface area (Å²) in [6.45, 7) is 2.49. The van der Waals surface area contributed by atoms with Crippen LogP contribution in [0.3, 0.4) is 0 Å². The number of amides is 1. The van der Waals surface area contributed by atoms with Crippen molar-refractivity contribution in [2.75, 3.05) is 20.2 Å². The lowest BCUT2D eigenvalue weighted by molar-refractivity contribution is -0.122. The predicted octanol–water partition coefficient (Wildman–Crippen LogP) is 0.269. The van der Waals surface area contributed by atoms with Crippen LogP contribution in [0, 0.1) is 6.92 Å². The summed E-state index contributed by atoms with van der Waals surface area (Å²) < 4.78 is 7.45. The molecule has 2 aromatic rings. The van der Waals surface area contributed by atoms with Crippen molar-refractivity contribution in [3.8, 4) is 5.75 Å². The van der Waals surface area contributed by atoms with Gasteiger partial charge < -0.3 is 20.2 Å². The number of likely N-dealkylation sites (N-methyl/N-ethyl adjacent to an activating group) is 1. The second-order valence-corrected chi connectivity index (χ2v) is 4.21. The van der Waals surface area contributed by atoms with Crippen molar-refractivity contribution in [1.29, 1.82) is 0 Å². The van der Waals surface area contributed by atoms with E-state index in [2.05, 4.69) is 10.3 Å². The van der Waals surface area contributed by atoms with Gasteiger partial charge >= 0.3 is 0 Å². The fourth-order valence-electron chi connectivity index (χ4n) is 1.97. The zero-order valence-corrected chi connectivity index (χ0v) is 11.1. The molecule has 0 saturated heterocycles. The van der Waals surface area contributed by atoms with E-state index in [9.17, 15) is 4.79 Å². The minimum atomic E-state index is -0.174. The molecule has 2 rings (SSSR count). The number of nitrogens with one attached hydrogen (secondary N) is 1. The van der Waals surface area contributed by atoms with E-state index in [4.69, 9.17) is 10.5 Å². The van der Waals surface area contributed by atoms with Gasteiger partial charge in [0.15, 0.2) is 18.0 Å². The van der Waals surface area contributed by atoms with Crippen LogP contribution in [0.5, 0.6) is 5.75 Å². The number of hydrogen-bond donors (Lipinski definition) is 2. The fourth-order valence-corrected chi connectivity index (χ4v) is 1.97. The Balaban J connectivity index is 2.35. The minimum absolute atomic E-state index is 0.0195. The van der Waals surface area contributed by atoms with E-state index in [0.29, 0.717) is 17.9 Å². The van der Waals surface area contributed by atoms with Crippen LogP contribution >= 0.6 is 0 Å². The van der Waals surface area contributed by atoms with E-state index in [1.54, 1.807) is 13.1 Å². The van der Waals surface area contributed by atoms with Gasteiger partial charge in [-0.15, -0.1) is 0 Å². The van der Waals surface area contributed by atoms with Gasteiger partial charge in [-0.1, -0.05) is 0 Å². The Hall–Kier alpha value is -2.08. The first-order valence-corrected chi connectivity index (χ1v) is 6.17. The molecule has 0 atom stereocenters. The van der Waals surface area contributed by atoms with Crippen LogP contribution in [0.4, 0.5) is 0 Å². The third-order valence-electron chi connectivity index (χ3n) is 2.93. The molecule has 2 aromatic heterocycles. The number of pyridine rings is 1. The van der Waals surface area contributed by atoms with Crippen molar-refractivity contribution < 1.29 is 9.53 Å². The van der Waals surface area contributed by atoms with E-state index < -0.39 is 0 Å². The molecule has 0 radical (unpaired) electrons. The average Bonchev–Trinajstić information content (AvgIpc) is 2.74. The van der Waals surface area contributed by atoms with Gasteiger partial charge in [0.1, 0.15) is 0 Å². The molecule has 0 spiro atoms. The maximum absolute atomic E-state index is 11.2. The monoisotopic (exact) mass is 262 g/mol. The highest BCUT2D eigenvalue weighted by Gasteiger charge is 2.12. The first-order valence-electron chi connectivity index (χ1n) is 6.17. The van der Waals surface area contributed by atoms with Gasteiger partial charge in [0, 0.05) is 25.4 Å². The summed E-state index contributed by atoms with van der Waals surface area (Å²) in [5.41, 5.74) is 8.33. The molecule has 2 heterocycles. The highest BCUT2D eigenvalue weighted by Crippen LogP contribution is 2.22. The molecule has 19 heavy (non-hydrogen) atoms. The van der Waals surface area contributed by atoms with E-state index in [1.165, 1.54) is 0 Å². The lowest BCUT2D eigenvalue weighted by Crippen LogP contribution is -2.24. The van der Waals surface area contributed by atoms with Crippen LogP contribution in [-0.4, -0.2) is 35.5 Å². The maximum atomic E-state index is 11.2. The van der Waals surface area contributed by atoms with Crippen LogP contribution in [0.2, 0.25) is 0 Å². The number of ether oxygens (including phenoxy) is 1. The SMILES string of the molecule is CNC(=O)COc1cccn2c(CCN)c(C)nc12. The summed E-state index contributed by atoms with van der Waals surface area (Å²) in [6.07, 6.45) is 2.68. The number of hydrogen-bond acceptors (Lipinski definition) is 4. The molecule has 0 aromatic carbocycles. The molecule has 6 heteroatoms. The van der Waals surface area contributed by atoms with E-state index in [-0.39, 0.29) is 12.5 Å². The summed E-state index contributed by atoms with van der Waals surface area (Å²) in [6, 6.07) is 3.67. The number of carbonyl (C=O) groups is 1. The molecule has 0 aliphatic rings. The molecule has 102 valence electrons. The molecule has 1 amide bonds. The van der Waals surface area contributed by atoms with E-state index >= 15 is 0 Å². The molecular weight excluding hydrogens is 244 g/mol. The van der Waals surface area contributed by atoms with Crippen molar-refractivity contribution >= 4 is 11.6 Å². The second kappa shape index (κ2) is 5.71. The number of aromatic nitrogens is 2. The zero-order chi connectivity index (χ0) is 13.8. The Bertz CT molecular complexity index is 592. The topological polar surface area (TPSA) is 81.6 Å². The Morgan fingerprint density at radius 1 is 1.58 bits per heavy atom. The molecule has 0 saturated carbocycles. The van der Waals surface area contributed by atoms with Gasteiger partial charge in [0.2, 0.25) is 0 Å². The maximum Gasteiger partial charge on any atom is 0.257 e. The third-order valence-corrected chi connectivity index (χ3v) is 2.93. The molecule has 3 N–H and O–H groups in total. The summed E-state index contributed by atoms with van der Waals surface area (Å²) in [5, 5.41) is 2.51. The molecule has 0 fully saturated rings. The molecule has 0 bridgehead atoms. The smallest absolute Gasteiger partial charge is 0.257 e. The van der Waals surface area contributed by atoms with Gasteiger partial charge in [-0.2, -0.15) is 0 Å². The predicted molar refractivity (Wildman–Crippen MR) is 72.2 cm³/mol. The molecular formula is C13H18N4O2. The average molecular weight is 262 g/mol. The number of nitrogens with two attached hydrogens (primary N) is 1. The van der Waals surface area contributed by atoms with Gasteiger partial charge in [-0.05, 0) is 25.6 Å². The van der Waals surface area contributed by atoms with Gasteiger partial charge in [-0.3, -0.25) is 4.79 Å². The van der Waals surface area contributed by atoms with Crippen molar-refractivity contribution in [2.45, 2.75) is 13.3 Å². The van der Waals surface area contributed by atoms with Crippen molar-refractivity contribution in [2.24, 2.45) is 5.73 Å². The van der Waals surface area contributed by atoms with Gasteiger partial charge in [-0.25, -0.2) is 4.98 Å². The quantitative estimate of drug-likeness (QED) is 0.810. The third kappa shape index (κ3) is 2.68. The number of carbonyl (C=O) groups excluding carboxylic acids is 1. The number of rotatable bonds is 5. The Labute approximate surface area is 111 Å². The van der Waals surface area contributed by atoms with Crippen LogP contribution in [0.25, 0.3) is 5.65 Å². The minimum Gasteiger partial charge on any atom is -0.480 e. The lowest BCUT2D eigenvalue weighted by Gasteiger charge is -2.07. The van der Waals surface area contributed by atoms with Crippen LogP contribution < -0.4 is 15.8 Å². The summed E-state index contributed by atoms with van der Waals surface area (Å²) in [4.78, 5) is 15.7. The van der Waals surface area contributed by atoms with Crippen molar-refractivity contribution in [3.63, 3.8) is 0 Å². The molecule has 0 aliphatic carbocycles. The Morgan fingerprint density at radius 3 is 3.05 bits per heavy atom. The number of aryl methyl sites for hydroxylation is 1. The van der Waals surface area contributed by atoms with Gasteiger partial charge in [0.05, 0.1) is 5.69 Å². The fraction of sp³-hybridized carbons (Fsp3) is 0.385. The Kier molecular flexibility index (Phi) is 4.01. The first-order chi connectivity index (χ1) is 9.17. The molecule has 0 aliphatic heterocycles. The molecule has 0 unspecified atom stereocenters. The summed E-state index contributed by atoms with van der Waals surface area (Å²) >= 11 is 0. The van der Waals surface area contributed by atoms with Crippen LogP contribution in [0.1, 0.15) is 11.4 Å². The lowest BCUT2D eigenvalue weighted by atomic mass is 10.2. The first kappa shape index (κ1) is 13.4. The summed E-state index contributed by atoms with van der Waals surface area (Å²) in [7, 11) is 1.57. The number of nitrogens with zero attached hydrogens (tertiary/aromatic N) is 2. The Morgan fingerprint density at radius 2 is 2.37 bits per heavy atom. The van der Waals surface area contributed by atoms with Crippen LogP contribution in [0.15, 0.2) is 18.3 Å². The standard InChI is InChI=1S/C13H18N4O2/c1-9-10(5-6-14)17-7-3-4-11(13(17)16-9)19-8-12(18)15-2/h3-4,7H,5-6,8,14H2,1-2H3,(H,15,18). The summed E-state index contributed by atoms with van der Waals surface area (Å²) in [5.74, 6) is 0.421. The highest BCUT2D eigenvalue weighted by molar-refractivity contribution is 5.77. The van der Waals surface area contributed by atoms with Crippen molar-refractivity contribution in [3.05, 3.63) is 29.7 Å². The number of imidazole rings is 1. The second-order valence-electron chi connectivity index (χ2n) is 4.21.